The number of benzene rings is 2. The summed E-state index contributed by atoms with van der Waals surface area (Å²) >= 11 is 12.2. The van der Waals surface area contributed by atoms with Gasteiger partial charge in [0.15, 0.2) is 5.82 Å². The molecule has 124 valence electrons. The van der Waals surface area contributed by atoms with Gasteiger partial charge in [-0.3, -0.25) is 4.79 Å². The molecule has 0 spiro atoms. The second-order valence-electron chi connectivity index (χ2n) is 6.72. The van der Waals surface area contributed by atoms with E-state index in [0.29, 0.717) is 26.8 Å². The third-order valence-corrected chi connectivity index (χ3v) is 4.44. The fourth-order valence-corrected chi connectivity index (χ4v) is 3.09. The van der Waals surface area contributed by atoms with Gasteiger partial charge < -0.3 is 5.84 Å². The first-order valence-corrected chi connectivity index (χ1v) is 8.22. The Morgan fingerprint density at radius 3 is 2.29 bits per heavy atom. The van der Waals surface area contributed by atoms with E-state index in [1.54, 1.807) is 6.07 Å². The van der Waals surface area contributed by atoms with Crippen molar-refractivity contribution >= 4 is 34.1 Å². The smallest absolute Gasteiger partial charge is 0.280 e. The second kappa shape index (κ2) is 5.80. The highest BCUT2D eigenvalue weighted by Crippen LogP contribution is 2.28. The number of aromatic nitrogens is 2. The standard InChI is InChI=1S/C18H17Cl2N3O/c1-18(2,3)11-6-4-10(5-7-11)16-22-15-13(17(24)23(16)21)8-12(19)9-14(15)20/h4-9H,21H2,1-3H3. The molecule has 4 nitrogen and oxygen atoms in total. The molecule has 0 aliphatic heterocycles. The van der Waals surface area contributed by atoms with Gasteiger partial charge in [-0.05, 0) is 23.1 Å². The van der Waals surface area contributed by atoms with Crippen molar-refractivity contribution in [2.45, 2.75) is 26.2 Å². The van der Waals surface area contributed by atoms with Gasteiger partial charge in [0.2, 0.25) is 0 Å². The Hall–Kier alpha value is -2.04. The summed E-state index contributed by atoms with van der Waals surface area (Å²) in [7, 11) is 0. The molecule has 0 radical (unpaired) electrons. The van der Waals surface area contributed by atoms with Gasteiger partial charge in [0.05, 0.1) is 15.9 Å². The van der Waals surface area contributed by atoms with Crippen LogP contribution in [0.25, 0.3) is 22.3 Å². The summed E-state index contributed by atoms with van der Waals surface area (Å²) < 4.78 is 1.03. The molecule has 6 heteroatoms. The molecule has 0 aliphatic carbocycles. The lowest BCUT2D eigenvalue weighted by atomic mass is 9.86. The van der Waals surface area contributed by atoms with Crippen LogP contribution in [0.1, 0.15) is 26.3 Å². The molecule has 2 aromatic carbocycles. The zero-order valence-electron chi connectivity index (χ0n) is 13.6. The maximum atomic E-state index is 12.5. The predicted octanol–water partition coefficient (Wildman–Crippen LogP) is 4.38. The topological polar surface area (TPSA) is 60.9 Å². The van der Waals surface area contributed by atoms with Crippen LogP contribution < -0.4 is 11.4 Å². The SMILES string of the molecule is CC(C)(C)c1ccc(-c2nc3c(Cl)cc(Cl)cc3c(=O)n2N)cc1. The lowest BCUT2D eigenvalue weighted by Gasteiger charge is -2.19. The number of rotatable bonds is 1. The molecule has 0 unspecified atom stereocenters. The van der Waals surface area contributed by atoms with Crippen molar-refractivity contribution in [1.29, 1.82) is 0 Å². The van der Waals surface area contributed by atoms with Gasteiger partial charge in [0, 0.05) is 10.6 Å². The maximum Gasteiger partial charge on any atom is 0.280 e. The highest BCUT2D eigenvalue weighted by atomic mass is 35.5. The number of fused-ring (bicyclic) bond motifs is 1. The minimum Gasteiger partial charge on any atom is -0.334 e. The molecule has 0 fully saturated rings. The van der Waals surface area contributed by atoms with E-state index < -0.39 is 0 Å². The van der Waals surface area contributed by atoms with Crippen molar-refractivity contribution in [3.63, 3.8) is 0 Å². The van der Waals surface area contributed by atoms with E-state index >= 15 is 0 Å². The van der Waals surface area contributed by atoms with E-state index in [1.807, 2.05) is 24.3 Å². The Bertz CT molecular complexity index is 986. The second-order valence-corrected chi connectivity index (χ2v) is 7.57. The average molecular weight is 362 g/mol. The van der Waals surface area contributed by atoms with Crippen LogP contribution in [0.15, 0.2) is 41.2 Å². The summed E-state index contributed by atoms with van der Waals surface area (Å²) in [4.78, 5) is 17.0. The summed E-state index contributed by atoms with van der Waals surface area (Å²) in [5.74, 6) is 6.32. The Morgan fingerprint density at radius 2 is 1.71 bits per heavy atom. The molecule has 0 atom stereocenters. The summed E-state index contributed by atoms with van der Waals surface area (Å²) in [6, 6.07) is 10.9. The zero-order valence-corrected chi connectivity index (χ0v) is 15.1. The monoisotopic (exact) mass is 361 g/mol. The van der Waals surface area contributed by atoms with Crippen LogP contribution in [0.3, 0.4) is 0 Å². The molecule has 0 bridgehead atoms. The van der Waals surface area contributed by atoms with E-state index in [4.69, 9.17) is 29.0 Å². The van der Waals surface area contributed by atoms with Gasteiger partial charge in [-0.15, -0.1) is 0 Å². The molecule has 1 heterocycles. The quantitative estimate of drug-likeness (QED) is 0.654. The van der Waals surface area contributed by atoms with Crippen LogP contribution in [0.2, 0.25) is 10.0 Å². The minimum atomic E-state index is -0.390. The number of nitrogens with zero attached hydrogens (tertiary/aromatic N) is 2. The molecule has 1 aromatic heterocycles. The summed E-state index contributed by atoms with van der Waals surface area (Å²) in [5.41, 5.74) is 1.97. The van der Waals surface area contributed by atoms with E-state index in [2.05, 4.69) is 25.8 Å². The largest absolute Gasteiger partial charge is 0.334 e. The van der Waals surface area contributed by atoms with Gasteiger partial charge in [0.1, 0.15) is 0 Å². The average Bonchev–Trinajstić information content (AvgIpc) is 2.50. The number of halogens is 2. The molecule has 0 amide bonds. The summed E-state index contributed by atoms with van der Waals surface area (Å²) in [5, 5.41) is 0.988. The molecule has 3 aromatic rings. The van der Waals surface area contributed by atoms with Crippen molar-refractivity contribution < 1.29 is 0 Å². The first kappa shape index (κ1) is 16.8. The predicted molar refractivity (Wildman–Crippen MR) is 100 cm³/mol. The zero-order chi connectivity index (χ0) is 17.6. The van der Waals surface area contributed by atoms with E-state index in [0.717, 1.165) is 10.2 Å². The van der Waals surface area contributed by atoms with Crippen LogP contribution in [0.5, 0.6) is 0 Å². The van der Waals surface area contributed by atoms with Crippen molar-refractivity contribution in [2.24, 2.45) is 0 Å². The third-order valence-electron chi connectivity index (χ3n) is 3.93. The maximum absolute atomic E-state index is 12.5. The molecular formula is C18H17Cl2N3O. The number of nitrogens with two attached hydrogens (primary N) is 1. The Balaban J connectivity index is 2.24. The van der Waals surface area contributed by atoms with Gasteiger partial charge in [-0.2, -0.15) is 0 Å². The Morgan fingerprint density at radius 1 is 1.08 bits per heavy atom. The lowest BCUT2D eigenvalue weighted by Crippen LogP contribution is -2.30. The van der Waals surface area contributed by atoms with Gasteiger partial charge >= 0.3 is 0 Å². The van der Waals surface area contributed by atoms with Crippen molar-refractivity contribution in [2.75, 3.05) is 5.84 Å². The van der Waals surface area contributed by atoms with Crippen molar-refractivity contribution in [1.82, 2.24) is 9.66 Å². The molecule has 2 N–H and O–H groups in total. The van der Waals surface area contributed by atoms with Crippen LogP contribution in [0.4, 0.5) is 0 Å². The van der Waals surface area contributed by atoms with Crippen LogP contribution in [-0.4, -0.2) is 9.66 Å². The molecule has 0 saturated carbocycles. The molecule has 24 heavy (non-hydrogen) atoms. The Labute approximate surface area is 149 Å². The first-order valence-electron chi connectivity index (χ1n) is 7.46. The normalized spacial score (nSPS) is 11.9. The van der Waals surface area contributed by atoms with Gasteiger partial charge in [0.25, 0.3) is 5.56 Å². The lowest BCUT2D eigenvalue weighted by molar-refractivity contribution is 0.590. The third kappa shape index (κ3) is 2.87. The number of nitrogen functional groups attached to an aromatic ring is 1. The van der Waals surface area contributed by atoms with Crippen LogP contribution >= 0.6 is 23.2 Å². The highest BCUT2D eigenvalue weighted by molar-refractivity contribution is 6.38. The molecular weight excluding hydrogens is 345 g/mol. The summed E-state index contributed by atoms with van der Waals surface area (Å²) in [6.45, 7) is 6.41. The van der Waals surface area contributed by atoms with E-state index in [-0.39, 0.29) is 11.0 Å². The van der Waals surface area contributed by atoms with Crippen LogP contribution in [0, 0.1) is 0 Å². The molecule has 0 aliphatic rings. The number of hydrogen-bond donors (Lipinski definition) is 1. The van der Waals surface area contributed by atoms with Crippen LogP contribution in [-0.2, 0) is 5.41 Å². The van der Waals surface area contributed by atoms with E-state index in [1.165, 1.54) is 11.6 Å². The van der Waals surface area contributed by atoms with Crippen molar-refractivity contribution in [3.05, 3.63) is 62.4 Å². The Kier molecular flexibility index (Phi) is 4.06. The first-order chi connectivity index (χ1) is 11.2. The number of hydrogen-bond acceptors (Lipinski definition) is 3. The van der Waals surface area contributed by atoms with E-state index in [9.17, 15) is 4.79 Å². The van der Waals surface area contributed by atoms with Gasteiger partial charge in [-0.1, -0.05) is 68.2 Å². The van der Waals surface area contributed by atoms with Crippen molar-refractivity contribution in [3.8, 4) is 11.4 Å². The van der Waals surface area contributed by atoms with Gasteiger partial charge in [-0.25, -0.2) is 9.66 Å². The molecule has 0 saturated heterocycles. The molecule has 3 rings (SSSR count). The fourth-order valence-electron chi connectivity index (χ4n) is 2.55. The highest BCUT2D eigenvalue weighted by Gasteiger charge is 2.16. The minimum absolute atomic E-state index is 0.0395. The summed E-state index contributed by atoms with van der Waals surface area (Å²) in [6.07, 6.45) is 0. The fraction of sp³-hybridized carbons (Fsp3) is 0.222.